The number of allylic oxidation sites excluding steroid dienone is 6. The van der Waals surface area contributed by atoms with E-state index in [1.54, 1.807) is 0 Å². The van der Waals surface area contributed by atoms with Gasteiger partial charge in [0.05, 0.1) is 5.75 Å². The van der Waals surface area contributed by atoms with E-state index in [9.17, 15) is 13.2 Å². The zero-order valence-electron chi connectivity index (χ0n) is 23.9. The summed E-state index contributed by atoms with van der Waals surface area (Å²) in [6, 6.07) is 16.0. The lowest BCUT2D eigenvalue weighted by atomic mass is 10.1. The minimum absolute atomic E-state index is 0.0808. The first-order valence-electron chi connectivity index (χ1n) is 13.6. The summed E-state index contributed by atoms with van der Waals surface area (Å²) in [7, 11) is -0.0466. The molecule has 9 nitrogen and oxygen atoms in total. The highest BCUT2D eigenvalue weighted by molar-refractivity contribution is 7.94. The predicted octanol–water partition coefficient (Wildman–Crippen LogP) is 6.24. The molecular formula is C31H38N2O7S2. The molecule has 0 unspecified atom stereocenters. The van der Waals surface area contributed by atoms with E-state index >= 15 is 0 Å². The van der Waals surface area contributed by atoms with Gasteiger partial charge in [0.1, 0.15) is 0 Å². The van der Waals surface area contributed by atoms with Gasteiger partial charge in [0.15, 0.2) is 5.78 Å². The third-order valence-corrected chi connectivity index (χ3v) is 8.20. The predicted molar refractivity (Wildman–Crippen MR) is 171 cm³/mol. The van der Waals surface area contributed by atoms with Crippen LogP contribution in [0.2, 0.25) is 0 Å². The SMILES string of the molecule is CN(CCCSOOO)c1ccc(C=CC=C2CCC(=CC=Cc3ccc(N(C)CCCS(=O)(=O)O)cc3)C2=O)cc1. The van der Waals surface area contributed by atoms with Gasteiger partial charge in [-0.05, 0) is 61.1 Å². The Bertz CT molecular complexity index is 1380. The lowest BCUT2D eigenvalue weighted by Gasteiger charge is -2.19. The zero-order chi connectivity index (χ0) is 30.4. The number of rotatable bonds is 16. The molecule has 0 aromatic heterocycles. The van der Waals surface area contributed by atoms with Gasteiger partial charge in [0.25, 0.3) is 10.1 Å². The van der Waals surface area contributed by atoms with Crippen molar-refractivity contribution in [1.82, 2.24) is 0 Å². The number of Topliss-reactive ketones (excluding diaryl/α,β-unsaturated/α-hetero) is 1. The largest absolute Gasteiger partial charge is 0.375 e. The molecule has 1 saturated carbocycles. The van der Waals surface area contributed by atoms with Gasteiger partial charge in [0, 0.05) is 67.5 Å². The molecule has 0 heterocycles. The minimum Gasteiger partial charge on any atom is -0.375 e. The summed E-state index contributed by atoms with van der Waals surface area (Å²) < 4.78 is 35.0. The van der Waals surface area contributed by atoms with Gasteiger partial charge in [-0.25, -0.2) is 5.26 Å². The Hall–Kier alpha value is -3.19. The van der Waals surface area contributed by atoms with Crippen molar-refractivity contribution in [2.75, 3.05) is 48.5 Å². The monoisotopic (exact) mass is 614 g/mol. The zero-order valence-corrected chi connectivity index (χ0v) is 25.5. The fraction of sp³-hybridized carbons (Fsp3) is 0.323. The minimum atomic E-state index is -3.94. The Kier molecular flexibility index (Phi) is 13.5. The molecule has 0 radical (unpaired) electrons. The third-order valence-electron chi connectivity index (χ3n) is 6.78. The van der Waals surface area contributed by atoms with Crippen molar-refractivity contribution < 1.29 is 32.4 Å². The van der Waals surface area contributed by atoms with Crippen LogP contribution in [-0.2, 0) is 24.3 Å². The standard InChI is InChI=1S/C31H38N2O7S2/c1-32(21-5-23-41-40-39-35)29-17-11-25(12-18-29)7-3-9-27-15-16-28(31(27)34)10-4-8-26-13-19-30(20-14-26)33(2)22-6-24-42(36,37)38/h3-4,7-14,17-20,35H,5-6,15-16,21-24H2,1-2H3,(H,36,37,38). The second-order valence-corrected chi connectivity index (χ2v) is 12.3. The van der Waals surface area contributed by atoms with Crippen LogP contribution in [0.1, 0.15) is 36.8 Å². The number of benzene rings is 2. The highest BCUT2D eigenvalue weighted by Crippen LogP contribution is 2.26. The van der Waals surface area contributed by atoms with Crippen molar-refractivity contribution in [2.45, 2.75) is 25.7 Å². The van der Waals surface area contributed by atoms with Crippen LogP contribution in [0.3, 0.4) is 0 Å². The van der Waals surface area contributed by atoms with E-state index in [4.69, 9.17) is 9.81 Å². The second-order valence-electron chi connectivity index (χ2n) is 9.92. The van der Waals surface area contributed by atoms with Gasteiger partial charge in [-0.3, -0.25) is 9.35 Å². The second kappa shape index (κ2) is 17.1. The summed E-state index contributed by atoms with van der Waals surface area (Å²) in [4.78, 5) is 16.9. The Morgan fingerprint density at radius 2 is 1.31 bits per heavy atom. The van der Waals surface area contributed by atoms with Gasteiger partial charge in [-0.2, -0.15) is 8.42 Å². The van der Waals surface area contributed by atoms with Crippen LogP contribution in [0.4, 0.5) is 11.4 Å². The lowest BCUT2D eigenvalue weighted by molar-refractivity contribution is -0.432. The highest BCUT2D eigenvalue weighted by atomic mass is 32.2. The first-order chi connectivity index (χ1) is 20.2. The maximum atomic E-state index is 12.8. The molecule has 3 rings (SSSR count). The van der Waals surface area contributed by atoms with Gasteiger partial charge in [-0.1, -0.05) is 65.8 Å². The molecule has 0 saturated heterocycles. The van der Waals surface area contributed by atoms with E-state index in [-0.39, 0.29) is 11.5 Å². The molecule has 1 fully saturated rings. The van der Waals surface area contributed by atoms with Gasteiger partial charge < -0.3 is 9.80 Å². The van der Waals surface area contributed by atoms with Crippen molar-refractivity contribution in [3.8, 4) is 0 Å². The van der Waals surface area contributed by atoms with Gasteiger partial charge >= 0.3 is 0 Å². The van der Waals surface area contributed by atoms with E-state index in [0.29, 0.717) is 18.7 Å². The van der Waals surface area contributed by atoms with Crippen LogP contribution in [0.15, 0.2) is 84.0 Å². The maximum absolute atomic E-state index is 12.8. The maximum Gasteiger partial charge on any atom is 0.264 e. The van der Waals surface area contributed by atoms with Gasteiger partial charge in [-0.15, -0.1) is 4.33 Å². The fourth-order valence-corrected chi connectivity index (χ4v) is 5.26. The summed E-state index contributed by atoms with van der Waals surface area (Å²) in [5.41, 5.74) is 5.68. The molecular weight excluding hydrogens is 576 g/mol. The molecule has 0 spiro atoms. The Morgan fingerprint density at radius 3 is 1.76 bits per heavy atom. The van der Waals surface area contributed by atoms with E-state index in [0.717, 1.165) is 71.5 Å². The number of carbonyl (C=O) groups excluding carboxylic acids is 1. The van der Waals surface area contributed by atoms with Crippen molar-refractivity contribution in [1.29, 1.82) is 0 Å². The number of hydrogen-bond acceptors (Lipinski definition) is 9. The van der Waals surface area contributed by atoms with E-state index in [2.05, 4.69) is 26.4 Å². The topological polar surface area (TPSA) is 117 Å². The normalized spacial score (nSPS) is 16.0. The summed E-state index contributed by atoms with van der Waals surface area (Å²) >= 11 is 1.06. The molecule has 2 aromatic carbocycles. The van der Waals surface area contributed by atoms with Crippen molar-refractivity contribution >= 4 is 51.5 Å². The van der Waals surface area contributed by atoms with Crippen molar-refractivity contribution in [3.63, 3.8) is 0 Å². The van der Waals surface area contributed by atoms with Crippen molar-refractivity contribution in [2.24, 2.45) is 0 Å². The third kappa shape index (κ3) is 11.6. The molecule has 2 aromatic rings. The smallest absolute Gasteiger partial charge is 0.264 e. The number of hydrogen-bond donors (Lipinski definition) is 2. The Labute approximate surface area is 252 Å². The molecule has 11 heteroatoms. The molecule has 2 N–H and O–H groups in total. The average Bonchev–Trinajstić information content (AvgIpc) is 3.31. The molecule has 1 aliphatic carbocycles. The molecule has 42 heavy (non-hydrogen) atoms. The quantitative estimate of drug-likeness (QED) is 0.0562. The molecule has 0 aliphatic heterocycles. The average molecular weight is 615 g/mol. The van der Waals surface area contributed by atoms with Crippen LogP contribution >= 0.6 is 12.0 Å². The Morgan fingerprint density at radius 1 is 0.833 bits per heavy atom. The van der Waals surface area contributed by atoms with E-state index in [1.807, 2.05) is 91.8 Å². The molecule has 0 amide bonds. The van der Waals surface area contributed by atoms with E-state index < -0.39 is 10.1 Å². The van der Waals surface area contributed by atoms with Crippen LogP contribution < -0.4 is 9.80 Å². The summed E-state index contributed by atoms with van der Waals surface area (Å²) in [5.74, 6) is 0.524. The summed E-state index contributed by atoms with van der Waals surface area (Å²) in [5, 5.41) is 11.7. The van der Waals surface area contributed by atoms with Crippen molar-refractivity contribution in [3.05, 3.63) is 95.1 Å². The molecule has 1 aliphatic rings. The van der Waals surface area contributed by atoms with Crippen LogP contribution in [0.25, 0.3) is 12.2 Å². The van der Waals surface area contributed by atoms with Crippen LogP contribution in [0.5, 0.6) is 0 Å². The molecule has 0 bridgehead atoms. The van der Waals surface area contributed by atoms with E-state index in [1.165, 1.54) is 0 Å². The number of ketones is 1. The summed E-state index contributed by atoms with van der Waals surface area (Å²) in [6.45, 7) is 1.35. The van der Waals surface area contributed by atoms with Crippen LogP contribution in [-0.4, -0.2) is 62.7 Å². The lowest BCUT2D eigenvalue weighted by Crippen LogP contribution is -2.20. The Balaban J connectivity index is 1.47. The summed E-state index contributed by atoms with van der Waals surface area (Å²) in [6.07, 6.45) is 14.2. The number of nitrogens with zero attached hydrogens (tertiary/aromatic N) is 2. The first kappa shape index (κ1) is 33.3. The highest BCUT2D eigenvalue weighted by Gasteiger charge is 2.21. The molecule has 0 atom stereocenters. The number of carbonyl (C=O) groups is 1. The fourth-order valence-electron chi connectivity index (χ4n) is 4.41. The van der Waals surface area contributed by atoms with Crippen LogP contribution in [0, 0.1) is 0 Å². The first-order valence-corrected chi connectivity index (χ1v) is 16.1. The molecule has 226 valence electrons. The van der Waals surface area contributed by atoms with Gasteiger partial charge in [0.2, 0.25) is 0 Å². The number of anilines is 2.